The van der Waals surface area contributed by atoms with Gasteiger partial charge in [-0.3, -0.25) is 9.78 Å². The molecule has 0 spiro atoms. The number of hydrogen-bond acceptors (Lipinski definition) is 6. The molecule has 7 nitrogen and oxygen atoms in total. The highest BCUT2D eigenvalue weighted by Gasteiger charge is 2.16. The average Bonchev–Trinajstić information content (AvgIpc) is 2.94. The Bertz CT molecular complexity index is 526. The minimum absolute atomic E-state index is 0.0582. The molecule has 0 aliphatic heterocycles. The van der Waals surface area contributed by atoms with E-state index in [1.807, 2.05) is 0 Å². The van der Waals surface area contributed by atoms with Crippen LogP contribution in [-0.4, -0.2) is 32.6 Å². The van der Waals surface area contributed by atoms with Crippen molar-refractivity contribution < 1.29 is 9.32 Å². The van der Waals surface area contributed by atoms with Crippen LogP contribution in [0.2, 0.25) is 0 Å². The number of amides is 1. The molecule has 0 saturated carbocycles. The minimum Gasteiger partial charge on any atom is -0.348 e. The first-order valence-electron chi connectivity index (χ1n) is 6.19. The zero-order valence-electron chi connectivity index (χ0n) is 10.7. The van der Waals surface area contributed by atoms with E-state index in [2.05, 4.69) is 32.3 Å². The van der Waals surface area contributed by atoms with Crippen LogP contribution in [0.5, 0.6) is 0 Å². The molecule has 0 unspecified atom stereocenters. The third-order valence-corrected chi connectivity index (χ3v) is 2.48. The minimum atomic E-state index is -0.362. The Hall–Kier alpha value is -2.31. The fourth-order valence-corrected chi connectivity index (χ4v) is 1.49. The fraction of sp³-hybridized carbons (Fsp3) is 0.417. The summed E-state index contributed by atoms with van der Waals surface area (Å²) in [6, 6.07) is 0. The number of carbonyl (C=O) groups is 1. The van der Waals surface area contributed by atoms with Crippen molar-refractivity contribution in [3.05, 3.63) is 24.5 Å². The third-order valence-electron chi connectivity index (χ3n) is 2.48. The Morgan fingerprint density at radius 2 is 2.26 bits per heavy atom. The summed E-state index contributed by atoms with van der Waals surface area (Å²) in [6.07, 6.45) is 7.70. The Labute approximate surface area is 110 Å². The first-order chi connectivity index (χ1) is 9.31. The molecule has 0 atom stereocenters. The predicted octanol–water partition coefficient (Wildman–Crippen LogP) is 1.45. The van der Waals surface area contributed by atoms with Gasteiger partial charge in [-0.2, -0.15) is 4.98 Å². The highest BCUT2D eigenvalue weighted by atomic mass is 16.5. The van der Waals surface area contributed by atoms with Crippen LogP contribution < -0.4 is 5.32 Å². The monoisotopic (exact) mass is 261 g/mol. The molecule has 7 heteroatoms. The van der Waals surface area contributed by atoms with E-state index in [-0.39, 0.29) is 17.6 Å². The van der Waals surface area contributed by atoms with Gasteiger partial charge in [0.1, 0.15) is 5.69 Å². The normalized spacial score (nSPS) is 10.4. The lowest BCUT2D eigenvalue weighted by molar-refractivity contribution is 0.0909. The van der Waals surface area contributed by atoms with E-state index in [1.165, 1.54) is 12.4 Å². The molecule has 1 amide bonds. The van der Waals surface area contributed by atoms with E-state index < -0.39 is 0 Å². The van der Waals surface area contributed by atoms with Crippen LogP contribution >= 0.6 is 0 Å². The highest BCUT2D eigenvalue weighted by molar-refractivity contribution is 5.89. The molecule has 2 heterocycles. The molecule has 0 radical (unpaired) electrons. The zero-order valence-corrected chi connectivity index (χ0v) is 10.7. The van der Waals surface area contributed by atoms with Crippen molar-refractivity contribution >= 4 is 5.91 Å². The van der Waals surface area contributed by atoms with E-state index in [0.29, 0.717) is 12.2 Å². The van der Waals surface area contributed by atoms with Gasteiger partial charge in [0.2, 0.25) is 5.82 Å². The van der Waals surface area contributed by atoms with Crippen LogP contribution in [0.15, 0.2) is 23.1 Å². The summed E-state index contributed by atoms with van der Waals surface area (Å²) in [7, 11) is 0. The summed E-state index contributed by atoms with van der Waals surface area (Å²) in [5, 5.41) is 6.43. The first kappa shape index (κ1) is 13.1. The number of unbranched alkanes of at least 4 members (excludes halogenated alkanes) is 2. The Balaban J connectivity index is 1.95. The number of nitrogens with one attached hydrogen (secondary N) is 1. The lowest BCUT2D eigenvalue weighted by atomic mass is 10.2. The van der Waals surface area contributed by atoms with Crippen LogP contribution in [0, 0.1) is 0 Å². The van der Waals surface area contributed by atoms with E-state index >= 15 is 0 Å². The summed E-state index contributed by atoms with van der Waals surface area (Å²) in [5.41, 5.74) is 0.469. The standard InChI is InChI=1S/C12H15N5O2/c1-2-3-4-5-15-11(18)12-16-10(17-19-12)9-8-13-6-7-14-9/h6-8H,2-5H2,1H3,(H,15,18). The molecule has 0 aliphatic rings. The summed E-state index contributed by atoms with van der Waals surface area (Å²) < 4.78 is 4.90. The van der Waals surface area contributed by atoms with E-state index in [1.54, 1.807) is 6.20 Å². The third kappa shape index (κ3) is 3.57. The second-order valence-electron chi connectivity index (χ2n) is 3.98. The lowest BCUT2D eigenvalue weighted by Gasteiger charge is -1.99. The molecular weight excluding hydrogens is 246 g/mol. The van der Waals surface area contributed by atoms with E-state index in [0.717, 1.165) is 19.3 Å². The Morgan fingerprint density at radius 3 is 3.00 bits per heavy atom. The van der Waals surface area contributed by atoms with Gasteiger partial charge in [0.15, 0.2) is 0 Å². The average molecular weight is 261 g/mol. The van der Waals surface area contributed by atoms with Crippen molar-refractivity contribution in [1.82, 2.24) is 25.4 Å². The number of nitrogens with zero attached hydrogens (tertiary/aromatic N) is 4. The second kappa shape index (κ2) is 6.58. The largest absolute Gasteiger partial charge is 0.348 e. The van der Waals surface area contributed by atoms with Crippen LogP contribution in [0.3, 0.4) is 0 Å². The quantitative estimate of drug-likeness (QED) is 0.791. The molecule has 0 saturated heterocycles. The molecular formula is C12H15N5O2. The maximum Gasteiger partial charge on any atom is 0.316 e. The SMILES string of the molecule is CCCCCNC(=O)c1nc(-c2cnccn2)no1. The van der Waals surface area contributed by atoms with Gasteiger partial charge in [0.25, 0.3) is 0 Å². The number of hydrogen-bond donors (Lipinski definition) is 1. The Kier molecular flexibility index (Phi) is 4.54. The highest BCUT2D eigenvalue weighted by Crippen LogP contribution is 2.10. The number of aromatic nitrogens is 4. The molecule has 1 N–H and O–H groups in total. The smallest absolute Gasteiger partial charge is 0.316 e. The van der Waals surface area contributed by atoms with Gasteiger partial charge in [0.05, 0.1) is 6.20 Å². The van der Waals surface area contributed by atoms with Gasteiger partial charge in [-0.25, -0.2) is 4.98 Å². The molecule has 2 aromatic rings. The van der Waals surface area contributed by atoms with Crippen molar-refractivity contribution in [2.24, 2.45) is 0 Å². The van der Waals surface area contributed by atoms with Crippen molar-refractivity contribution in [2.75, 3.05) is 6.54 Å². The summed E-state index contributed by atoms with van der Waals surface area (Å²) in [5.74, 6) is -0.164. The molecule has 2 aromatic heterocycles. The van der Waals surface area contributed by atoms with Gasteiger partial charge < -0.3 is 9.84 Å². The molecule has 0 bridgehead atoms. The topological polar surface area (TPSA) is 93.8 Å². The molecule has 0 fully saturated rings. The van der Waals surface area contributed by atoms with Gasteiger partial charge in [-0.1, -0.05) is 24.9 Å². The van der Waals surface area contributed by atoms with Crippen LogP contribution in [-0.2, 0) is 0 Å². The number of rotatable bonds is 6. The molecule has 2 rings (SSSR count). The number of carbonyl (C=O) groups excluding carboxylic acids is 1. The van der Waals surface area contributed by atoms with E-state index in [4.69, 9.17) is 4.52 Å². The fourth-order valence-electron chi connectivity index (χ4n) is 1.49. The van der Waals surface area contributed by atoms with Crippen LogP contribution in [0.1, 0.15) is 36.9 Å². The van der Waals surface area contributed by atoms with Crippen molar-refractivity contribution in [3.8, 4) is 11.5 Å². The zero-order chi connectivity index (χ0) is 13.5. The lowest BCUT2D eigenvalue weighted by Crippen LogP contribution is -2.24. The summed E-state index contributed by atoms with van der Waals surface area (Å²) >= 11 is 0. The second-order valence-corrected chi connectivity index (χ2v) is 3.98. The van der Waals surface area contributed by atoms with E-state index in [9.17, 15) is 4.79 Å². The maximum atomic E-state index is 11.7. The van der Waals surface area contributed by atoms with Crippen molar-refractivity contribution in [1.29, 1.82) is 0 Å². The van der Waals surface area contributed by atoms with Gasteiger partial charge in [0, 0.05) is 18.9 Å². The van der Waals surface area contributed by atoms with Crippen molar-refractivity contribution in [2.45, 2.75) is 26.2 Å². The molecule has 19 heavy (non-hydrogen) atoms. The van der Waals surface area contributed by atoms with Crippen LogP contribution in [0.4, 0.5) is 0 Å². The predicted molar refractivity (Wildman–Crippen MR) is 67.2 cm³/mol. The van der Waals surface area contributed by atoms with Gasteiger partial charge >= 0.3 is 11.8 Å². The van der Waals surface area contributed by atoms with Crippen molar-refractivity contribution in [3.63, 3.8) is 0 Å². The van der Waals surface area contributed by atoms with Gasteiger partial charge in [-0.15, -0.1) is 0 Å². The van der Waals surface area contributed by atoms with Crippen LogP contribution in [0.25, 0.3) is 11.5 Å². The maximum absolute atomic E-state index is 11.7. The summed E-state index contributed by atoms with van der Waals surface area (Å²) in [6.45, 7) is 2.71. The Morgan fingerprint density at radius 1 is 1.37 bits per heavy atom. The molecule has 100 valence electrons. The molecule has 0 aliphatic carbocycles. The molecule has 0 aromatic carbocycles. The first-order valence-corrected chi connectivity index (χ1v) is 6.19. The van der Waals surface area contributed by atoms with Gasteiger partial charge in [-0.05, 0) is 6.42 Å². The summed E-state index contributed by atoms with van der Waals surface area (Å²) in [4.78, 5) is 23.6.